The van der Waals surface area contributed by atoms with Gasteiger partial charge in [0.05, 0.1) is 28.2 Å². The number of aromatic nitrogens is 9. The van der Waals surface area contributed by atoms with Gasteiger partial charge in [-0.3, -0.25) is 23.9 Å². The van der Waals surface area contributed by atoms with Crippen LogP contribution in [0.5, 0.6) is 34.5 Å². The SMILES string of the molecule is C=CC(=O)N1CCC[C@@H](n2cc(-c3ccc(Oc4ccccc4)cc3)c3c(N)n[nH]c(=O)c32)C1.C=CC(=O)O.CC(C)(C)OC(=O)N1CCC[C@@H](n2cc(-c3ccc(Oc4ccccc4)cc3)c3c(N)n[nH]c(=O)c32)C1.F.Nc1n[nH]c(=O)c2c1c(-c1ccc(Oc3ccccc3)cc1)cn2[C@@H]1CCCNC1. The lowest BCUT2D eigenvalue weighted by molar-refractivity contribution is -0.131. The number of hydrogen-bond acceptors (Lipinski definition) is 17. The van der Waals surface area contributed by atoms with E-state index in [1.165, 1.54) is 6.08 Å². The van der Waals surface area contributed by atoms with E-state index < -0.39 is 11.6 Å². The molecule has 3 atom stereocenters. The third-order valence-electron chi connectivity index (χ3n) is 18.3. The highest BCUT2D eigenvalue weighted by Crippen LogP contribution is 2.41. The van der Waals surface area contributed by atoms with Gasteiger partial charge < -0.3 is 70.1 Å². The lowest BCUT2D eigenvalue weighted by atomic mass is 10.1. The topological polar surface area (TPSA) is 357 Å². The average Bonchev–Trinajstić information content (AvgIpc) is 1.62. The fourth-order valence-corrected chi connectivity index (χ4v) is 13.5. The molecule has 15 rings (SSSR count). The number of fused-ring (bicyclic) bond motifs is 3. The Hall–Kier alpha value is -13.0. The van der Waals surface area contributed by atoms with Crippen molar-refractivity contribution in [1.29, 1.82) is 0 Å². The molecule has 552 valence electrons. The van der Waals surface area contributed by atoms with E-state index >= 15 is 0 Å². The molecule has 6 aromatic heterocycles. The van der Waals surface area contributed by atoms with Crippen LogP contribution in [0.3, 0.4) is 0 Å². The smallest absolute Gasteiger partial charge is 0.410 e. The molecule has 0 bridgehead atoms. The Morgan fingerprint density at radius 3 is 1.14 bits per heavy atom. The molecule has 27 heteroatoms. The second kappa shape index (κ2) is 33.6. The molecule has 3 saturated heterocycles. The van der Waals surface area contributed by atoms with E-state index in [-0.39, 0.29) is 63.1 Å². The minimum Gasteiger partial charge on any atom is -0.478 e. The predicted octanol–water partition coefficient (Wildman–Crippen LogP) is 13.6. The van der Waals surface area contributed by atoms with E-state index in [1.807, 2.05) is 212 Å². The number of aliphatic carboxylic acids is 1. The summed E-state index contributed by atoms with van der Waals surface area (Å²) in [5, 5.41) is 32.5. The molecule has 11 N–H and O–H groups in total. The third-order valence-corrected chi connectivity index (χ3v) is 18.3. The van der Waals surface area contributed by atoms with Crippen molar-refractivity contribution < 1.29 is 43.1 Å². The van der Waals surface area contributed by atoms with Crippen molar-refractivity contribution >= 4 is 68.1 Å². The second-order valence-corrected chi connectivity index (χ2v) is 26.7. The van der Waals surface area contributed by atoms with E-state index in [2.05, 4.69) is 53.6 Å². The van der Waals surface area contributed by atoms with Gasteiger partial charge in [0.15, 0.2) is 17.5 Å². The van der Waals surface area contributed by atoms with E-state index in [0.717, 1.165) is 114 Å². The number of amides is 2. The molecule has 0 unspecified atom stereocenters. The van der Waals surface area contributed by atoms with Crippen molar-refractivity contribution in [3.63, 3.8) is 0 Å². The minimum atomic E-state index is -0.981. The Balaban J connectivity index is 0.000000155. The van der Waals surface area contributed by atoms with Crippen LogP contribution in [-0.2, 0) is 14.3 Å². The molecule has 107 heavy (non-hydrogen) atoms. The maximum Gasteiger partial charge on any atom is 0.410 e. The number of likely N-dealkylation sites (tertiary alicyclic amines) is 2. The molecule has 3 aliphatic heterocycles. The van der Waals surface area contributed by atoms with E-state index in [9.17, 15) is 28.8 Å². The van der Waals surface area contributed by atoms with Crippen LogP contribution in [0.25, 0.3) is 66.1 Å². The third kappa shape index (κ3) is 17.6. The lowest BCUT2D eigenvalue weighted by Gasteiger charge is -2.35. The number of carboxylic acids is 1. The van der Waals surface area contributed by atoms with Gasteiger partial charge in [-0.25, -0.2) is 24.9 Å². The van der Waals surface area contributed by atoms with E-state index in [0.29, 0.717) is 76.2 Å². The van der Waals surface area contributed by atoms with Gasteiger partial charge in [-0.05, 0) is 161 Å². The Labute approximate surface area is 614 Å². The van der Waals surface area contributed by atoms with Gasteiger partial charge in [0.2, 0.25) is 5.91 Å². The molecule has 0 spiro atoms. The number of para-hydroxylation sites is 3. The van der Waals surface area contributed by atoms with Crippen molar-refractivity contribution in [2.45, 2.75) is 83.0 Å². The van der Waals surface area contributed by atoms with Gasteiger partial charge in [-0.2, -0.15) is 15.3 Å². The normalized spacial score (nSPS) is 15.6. The van der Waals surface area contributed by atoms with Crippen molar-refractivity contribution in [3.8, 4) is 67.9 Å². The molecule has 6 aromatic carbocycles. The van der Waals surface area contributed by atoms with Crippen molar-refractivity contribution in [2.24, 2.45) is 0 Å². The van der Waals surface area contributed by atoms with E-state index in [4.69, 9.17) is 41.3 Å². The summed E-state index contributed by atoms with van der Waals surface area (Å²) in [5.41, 5.74) is 24.0. The number of anilines is 3. The molecule has 12 aromatic rings. The van der Waals surface area contributed by atoms with Gasteiger partial charge >= 0.3 is 12.1 Å². The first kappa shape index (κ1) is 75.1. The number of ether oxygens (including phenoxy) is 4. The van der Waals surface area contributed by atoms with Crippen LogP contribution in [0.2, 0.25) is 0 Å². The van der Waals surface area contributed by atoms with Crippen LogP contribution >= 0.6 is 0 Å². The van der Waals surface area contributed by atoms with E-state index in [1.54, 1.807) is 9.80 Å². The average molecular weight is 1450 g/mol. The molecular weight excluding hydrogens is 1370 g/mol. The number of halogens is 1. The van der Waals surface area contributed by atoms with Gasteiger partial charge in [-0.15, -0.1) is 0 Å². The highest BCUT2D eigenvalue weighted by Gasteiger charge is 2.32. The summed E-state index contributed by atoms with van der Waals surface area (Å²) in [6, 6.07) is 51.9. The van der Waals surface area contributed by atoms with Gasteiger partial charge in [-0.1, -0.05) is 104 Å². The molecule has 0 aliphatic carbocycles. The van der Waals surface area contributed by atoms with Crippen molar-refractivity contribution in [2.75, 3.05) is 56.5 Å². The molecular formula is C80H84FN15O11. The minimum absolute atomic E-state index is 0. The first-order valence-corrected chi connectivity index (χ1v) is 34.8. The fraction of sp³-hybridized carbons (Fsp3) is 0.237. The zero-order valence-electron chi connectivity index (χ0n) is 59.4. The number of carboxylic acid groups (broad SMARTS) is 1. The molecule has 3 aliphatic rings. The number of nitrogens with one attached hydrogen (secondary N) is 4. The molecule has 26 nitrogen and oxygen atoms in total. The number of nitrogen functional groups attached to an aromatic ring is 3. The number of carbonyl (C=O) groups is 3. The Bertz CT molecular complexity index is 5300. The summed E-state index contributed by atoms with van der Waals surface area (Å²) < 4.78 is 29.2. The standard InChI is InChI=1S/C28H31N5O4.C26H25N5O3.C23H23N5O2.C3H4O2.FH/c1-28(2,3)37-27(35)32-15-7-8-19(16-32)33-17-22(23-24(33)26(34)31-30-25(23)29)18-11-13-21(14-12-18)36-20-9-5-4-6-10-20;1-2-22(32)30-14-6-7-18(15-30)31-16-21(23-24(31)26(33)29-28-25(23)27)17-10-12-20(13-11-17)34-19-8-4-3-5-9-19;24-22-20-19(15-8-10-18(11-9-15)30-17-6-2-1-3-7-17)14-28(16-5-4-12-25-13-16)21(20)23(29)27-26-22;1-2-3(4)5;/h4-6,9-14,17,19H,7-8,15-16H2,1-3H3,(H2,29,30)(H,31,34);2-5,8-13,16,18H,1,6-7,14-15H2,(H2,27,28)(H,29,33);1-3,6-11,14,16,25H,4-5,12-13H2,(H2,24,26)(H,27,29);2H,1H2,(H,4,5);1H/t19-;18-;16-;;/m111../s1. The number of aromatic amines is 3. The summed E-state index contributed by atoms with van der Waals surface area (Å²) >= 11 is 0. The predicted molar refractivity (Wildman–Crippen MR) is 413 cm³/mol. The number of hydrogen-bond donors (Lipinski definition) is 8. The Kier molecular flexibility index (Phi) is 23.6. The molecule has 9 heterocycles. The quantitative estimate of drug-likeness (QED) is 0.0469. The molecule has 3 fully saturated rings. The first-order chi connectivity index (χ1) is 51.2. The summed E-state index contributed by atoms with van der Waals surface area (Å²) in [4.78, 5) is 76.2. The van der Waals surface area contributed by atoms with Gasteiger partial charge in [0.1, 0.15) is 56.6 Å². The highest BCUT2D eigenvalue weighted by molar-refractivity contribution is 6.04. The van der Waals surface area contributed by atoms with Gasteiger partial charge in [0.25, 0.3) is 16.7 Å². The van der Waals surface area contributed by atoms with Crippen molar-refractivity contribution in [3.05, 3.63) is 239 Å². The number of rotatable bonds is 14. The maximum atomic E-state index is 13.0. The number of piperidine rings is 3. The maximum absolute atomic E-state index is 13.0. The van der Waals surface area contributed by atoms with Crippen LogP contribution in [0.15, 0.2) is 222 Å². The van der Waals surface area contributed by atoms with Crippen LogP contribution in [-0.4, -0.2) is 122 Å². The van der Waals surface area contributed by atoms with Crippen molar-refractivity contribution in [1.82, 2.24) is 59.4 Å². The van der Waals surface area contributed by atoms with Gasteiger partial charge in [0, 0.05) is 80.1 Å². The molecule has 0 radical (unpaired) electrons. The summed E-state index contributed by atoms with van der Waals surface area (Å²) in [6.45, 7) is 16.2. The second-order valence-electron chi connectivity index (χ2n) is 26.7. The first-order valence-electron chi connectivity index (χ1n) is 34.8. The van der Waals surface area contributed by atoms with Crippen LogP contribution in [0.1, 0.15) is 77.4 Å². The Morgan fingerprint density at radius 2 is 0.813 bits per heavy atom. The largest absolute Gasteiger partial charge is 0.478 e. The number of H-pyrrole nitrogens is 3. The highest BCUT2D eigenvalue weighted by atomic mass is 19.0. The zero-order valence-corrected chi connectivity index (χ0v) is 59.4. The summed E-state index contributed by atoms with van der Waals surface area (Å²) in [7, 11) is 0. The van der Waals surface area contributed by atoms with Crippen LogP contribution in [0.4, 0.5) is 27.0 Å². The number of nitrogens with zero attached hydrogens (tertiary/aromatic N) is 8. The van der Waals surface area contributed by atoms with Crippen LogP contribution in [0, 0.1) is 0 Å². The fourth-order valence-electron chi connectivity index (χ4n) is 13.5. The molecule has 2 amide bonds. The monoisotopic (exact) mass is 1450 g/mol. The molecule has 0 saturated carbocycles. The zero-order chi connectivity index (χ0) is 74.6. The Morgan fingerprint density at radius 1 is 0.486 bits per heavy atom. The number of carbonyl (C=O) groups excluding carboxylic acids is 2. The summed E-state index contributed by atoms with van der Waals surface area (Å²) in [5.74, 6) is 4.16. The summed E-state index contributed by atoms with van der Waals surface area (Å²) in [6.07, 6.45) is 13.1. The number of nitrogens with two attached hydrogens (primary N) is 3. The lowest BCUT2D eigenvalue weighted by Crippen LogP contribution is -2.43. The van der Waals surface area contributed by atoms with Crippen LogP contribution < -0.4 is 53.4 Å². The number of benzene rings is 6.